The topological polar surface area (TPSA) is 96.4 Å². The first-order chi connectivity index (χ1) is 13.4. The molecule has 0 radical (unpaired) electrons. The lowest BCUT2D eigenvalue weighted by Crippen LogP contribution is -2.37. The molecule has 2 amide bonds. The van der Waals surface area contributed by atoms with Gasteiger partial charge in [-0.1, -0.05) is 42.0 Å². The Morgan fingerprint density at radius 1 is 1.14 bits per heavy atom. The highest BCUT2D eigenvalue weighted by Gasteiger charge is 2.41. The van der Waals surface area contributed by atoms with Crippen LogP contribution in [-0.2, 0) is 14.8 Å². The summed E-state index contributed by atoms with van der Waals surface area (Å²) in [7, 11) is -4.02. The maximum atomic E-state index is 12.5. The molecule has 3 aromatic rings. The molecule has 1 aliphatic heterocycles. The number of benzene rings is 2. The predicted octanol–water partition coefficient (Wildman–Crippen LogP) is 2.90. The number of aromatic nitrogens is 1. The Morgan fingerprint density at radius 3 is 2.57 bits per heavy atom. The fraction of sp³-hybridized carbons (Fsp3) is 0.105. The zero-order valence-electron chi connectivity index (χ0n) is 14.7. The monoisotopic (exact) mass is 413 g/mol. The van der Waals surface area contributed by atoms with Crippen molar-refractivity contribution in [3.63, 3.8) is 0 Å². The molecule has 4 rings (SSSR count). The van der Waals surface area contributed by atoms with Gasteiger partial charge in [0.2, 0.25) is 5.91 Å². The molecule has 7 nitrogen and oxygen atoms in total. The van der Waals surface area contributed by atoms with Crippen LogP contribution in [0, 0.1) is 6.92 Å². The molecule has 1 N–H and O–H groups in total. The van der Waals surface area contributed by atoms with Crippen LogP contribution in [0.25, 0.3) is 11.3 Å². The van der Waals surface area contributed by atoms with Gasteiger partial charge in [0.25, 0.3) is 15.9 Å². The summed E-state index contributed by atoms with van der Waals surface area (Å²) in [6, 6.07) is 13.7. The third kappa shape index (κ3) is 3.19. The number of nitrogens with zero attached hydrogens (tertiary/aromatic N) is 2. The number of fused-ring (bicyclic) bond motifs is 1. The number of anilines is 1. The zero-order chi connectivity index (χ0) is 19.9. The standard InChI is InChI=1S/C19H15N3O4S2/c1-12-6-8-13(9-7-12)15-11-27-19(20-15)21-17(23)10-22-18(24)14-4-2-3-5-16(14)28(22,25)26/h2-9,11H,10H2,1H3,(H,20,21,23). The van der Waals surface area contributed by atoms with Crippen molar-refractivity contribution in [2.45, 2.75) is 11.8 Å². The van der Waals surface area contributed by atoms with Gasteiger partial charge in [0.05, 0.1) is 11.3 Å². The minimum atomic E-state index is -4.02. The highest BCUT2D eigenvalue weighted by Crippen LogP contribution is 2.30. The summed E-state index contributed by atoms with van der Waals surface area (Å²) in [5, 5.41) is 4.70. The van der Waals surface area contributed by atoms with Crippen molar-refractivity contribution >= 4 is 38.3 Å². The normalized spacial score (nSPS) is 14.8. The lowest BCUT2D eigenvalue weighted by molar-refractivity contribution is -0.116. The zero-order valence-corrected chi connectivity index (χ0v) is 16.4. The summed E-state index contributed by atoms with van der Waals surface area (Å²) in [5.74, 6) is -1.33. The van der Waals surface area contributed by atoms with Gasteiger partial charge in [0.1, 0.15) is 11.4 Å². The third-order valence-electron chi connectivity index (χ3n) is 4.30. The third-order valence-corrected chi connectivity index (χ3v) is 6.84. The molecule has 0 atom stereocenters. The molecule has 0 spiro atoms. The van der Waals surface area contributed by atoms with Gasteiger partial charge >= 0.3 is 0 Å². The molecule has 2 heterocycles. The molecule has 1 aliphatic rings. The smallest absolute Gasteiger partial charge is 0.269 e. The first kappa shape index (κ1) is 18.3. The van der Waals surface area contributed by atoms with E-state index in [0.29, 0.717) is 15.1 Å². The van der Waals surface area contributed by atoms with Crippen LogP contribution in [0.4, 0.5) is 5.13 Å². The van der Waals surface area contributed by atoms with Crippen molar-refractivity contribution in [3.8, 4) is 11.3 Å². The molecule has 1 aromatic heterocycles. The Balaban J connectivity index is 1.49. The fourth-order valence-corrected chi connectivity index (χ4v) is 5.13. The molecular weight excluding hydrogens is 398 g/mol. The van der Waals surface area contributed by atoms with Crippen LogP contribution in [0.3, 0.4) is 0 Å². The van der Waals surface area contributed by atoms with Crippen LogP contribution in [0.2, 0.25) is 0 Å². The van der Waals surface area contributed by atoms with Gasteiger partial charge in [-0.15, -0.1) is 11.3 Å². The van der Waals surface area contributed by atoms with E-state index < -0.39 is 28.4 Å². The lowest BCUT2D eigenvalue weighted by atomic mass is 10.1. The van der Waals surface area contributed by atoms with Crippen LogP contribution >= 0.6 is 11.3 Å². The van der Waals surface area contributed by atoms with Crippen LogP contribution in [0.1, 0.15) is 15.9 Å². The molecule has 0 aliphatic carbocycles. The van der Waals surface area contributed by atoms with Crippen molar-refractivity contribution in [3.05, 3.63) is 65.0 Å². The summed E-state index contributed by atoms with van der Waals surface area (Å²) >= 11 is 1.23. The molecule has 28 heavy (non-hydrogen) atoms. The molecule has 0 bridgehead atoms. The Kier molecular flexibility index (Phi) is 4.48. The van der Waals surface area contributed by atoms with E-state index >= 15 is 0 Å². The molecule has 0 fully saturated rings. The molecule has 0 saturated carbocycles. The van der Waals surface area contributed by atoms with E-state index in [2.05, 4.69) is 10.3 Å². The molecule has 9 heteroatoms. The minimum absolute atomic E-state index is 0.0752. The Hall–Kier alpha value is -3.04. The number of carbonyl (C=O) groups excluding carboxylic acids is 2. The maximum Gasteiger partial charge on any atom is 0.269 e. The highest BCUT2D eigenvalue weighted by molar-refractivity contribution is 7.90. The van der Waals surface area contributed by atoms with Gasteiger partial charge in [-0.05, 0) is 19.1 Å². The van der Waals surface area contributed by atoms with E-state index in [1.165, 1.54) is 29.5 Å². The van der Waals surface area contributed by atoms with E-state index in [4.69, 9.17) is 0 Å². The number of hydrogen-bond acceptors (Lipinski definition) is 6. The van der Waals surface area contributed by atoms with Gasteiger partial charge in [0.15, 0.2) is 5.13 Å². The van der Waals surface area contributed by atoms with Crippen molar-refractivity contribution in [2.75, 3.05) is 11.9 Å². The average molecular weight is 413 g/mol. The fourth-order valence-electron chi connectivity index (χ4n) is 2.86. The Bertz CT molecular complexity index is 1180. The Labute approximate surface area is 165 Å². The van der Waals surface area contributed by atoms with Crippen molar-refractivity contribution in [1.29, 1.82) is 0 Å². The van der Waals surface area contributed by atoms with Crippen LogP contribution in [0.5, 0.6) is 0 Å². The SMILES string of the molecule is Cc1ccc(-c2csc(NC(=O)CN3C(=O)c4ccccc4S3(=O)=O)n2)cc1. The Morgan fingerprint density at radius 2 is 1.86 bits per heavy atom. The number of amides is 2. The number of sulfonamides is 1. The number of aryl methyl sites for hydroxylation is 1. The van der Waals surface area contributed by atoms with E-state index in [1.54, 1.807) is 11.4 Å². The number of rotatable bonds is 4. The number of thiazole rings is 1. The van der Waals surface area contributed by atoms with Crippen LogP contribution in [0.15, 0.2) is 58.8 Å². The van der Waals surface area contributed by atoms with E-state index in [1.807, 2.05) is 31.2 Å². The van der Waals surface area contributed by atoms with Crippen molar-refractivity contribution < 1.29 is 18.0 Å². The van der Waals surface area contributed by atoms with Crippen molar-refractivity contribution in [2.24, 2.45) is 0 Å². The van der Waals surface area contributed by atoms with Crippen molar-refractivity contribution in [1.82, 2.24) is 9.29 Å². The summed E-state index contributed by atoms with van der Waals surface area (Å²) in [4.78, 5) is 29.0. The highest BCUT2D eigenvalue weighted by atomic mass is 32.2. The largest absolute Gasteiger partial charge is 0.300 e. The first-order valence-electron chi connectivity index (χ1n) is 8.35. The lowest BCUT2D eigenvalue weighted by Gasteiger charge is -2.13. The molecule has 142 valence electrons. The van der Waals surface area contributed by atoms with Crippen LogP contribution in [-0.4, -0.2) is 36.1 Å². The number of nitrogens with one attached hydrogen (secondary N) is 1. The number of carbonyl (C=O) groups is 2. The van der Waals surface area contributed by atoms with Gasteiger partial charge < -0.3 is 5.32 Å². The average Bonchev–Trinajstić information content (AvgIpc) is 3.20. The summed E-state index contributed by atoms with van der Waals surface area (Å²) in [6.07, 6.45) is 0. The minimum Gasteiger partial charge on any atom is -0.300 e. The van der Waals surface area contributed by atoms with Crippen LogP contribution < -0.4 is 5.32 Å². The van der Waals surface area contributed by atoms with E-state index in [-0.39, 0.29) is 10.5 Å². The van der Waals surface area contributed by atoms with E-state index in [9.17, 15) is 18.0 Å². The summed E-state index contributed by atoms with van der Waals surface area (Å²) in [5.41, 5.74) is 2.82. The summed E-state index contributed by atoms with van der Waals surface area (Å²) < 4.78 is 25.6. The molecule has 0 saturated heterocycles. The summed E-state index contributed by atoms with van der Waals surface area (Å²) in [6.45, 7) is 1.39. The van der Waals surface area contributed by atoms with Gasteiger partial charge in [0, 0.05) is 10.9 Å². The molecular formula is C19H15N3O4S2. The molecule has 2 aromatic carbocycles. The predicted molar refractivity (Wildman–Crippen MR) is 106 cm³/mol. The molecule has 0 unspecified atom stereocenters. The number of hydrogen-bond donors (Lipinski definition) is 1. The van der Waals surface area contributed by atoms with Gasteiger partial charge in [-0.25, -0.2) is 17.7 Å². The van der Waals surface area contributed by atoms with Gasteiger partial charge in [-0.3, -0.25) is 9.59 Å². The first-order valence-corrected chi connectivity index (χ1v) is 10.7. The quantitative estimate of drug-likeness (QED) is 0.709. The van der Waals surface area contributed by atoms with E-state index in [0.717, 1.165) is 11.1 Å². The second-order valence-electron chi connectivity index (χ2n) is 6.27. The second kappa shape index (κ2) is 6.84. The second-order valence-corrected chi connectivity index (χ2v) is 8.95. The van der Waals surface area contributed by atoms with Gasteiger partial charge in [-0.2, -0.15) is 0 Å². The maximum absolute atomic E-state index is 12.5.